The fourth-order valence-corrected chi connectivity index (χ4v) is 2.85. The maximum atomic E-state index is 12.7. The van der Waals surface area contributed by atoms with Gasteiger partial charge in [0.1, 0.15) is 6.54 Å². The molecule has 0 radical (unpaired) electrons. The second kappa shape index (κ2) is 6.08. The number of aromatic nitrogens is 1. The highest BCUT2D eigenvalue weighted by molar-refractivity contribution is 5.81. The highest BCUT2D eigenvalue weighted by Gasteiger charge is 2.11. The molecule has 0 bridgehead atoms. The molecule has 0 spiro atoms. The first-order valence-corrected chi connectivity index (χ1v) is 7.43. The van der Waals surface area contributed by atoms with Crippen molar-refractivity contribution < 1.29 is 9.90 Å². The largest absolute Gasteiger partial charge is 0.480 e. The number of aliphatic carboxylic acids is 1. The molecule has 0 atom stereocenters. The molecular weight excluding hydrogens is 290 g/mol. The molecule has 4 heteroatoms. The minimum atomic E-state index is -0.930. The average molecular weight is 307 g/mol. The van der Waals surface area contributed by atoms with Crippen LogP contribution >= 0.6 is 0 Å². The first-order chi connectivity index (χ1) is 11.0. The molecular formula is C19H17NO3. The number of carboxylic acid groups (broad SMARTS) is 1. The zero-order valence-corrected chi connectivity index (χ0v) is 12.8. The van der Waals surface area contributed by atoms with Crippen LogP contribution in [-0.2, 0) is 17.8 Å². The molecule has 0 saturated heterocycles. The average Bonchev–Trinajstić information content (AvgIpc) is 2.51. The number of fused-ring (bicyclic) bond motifs is 1. The zero-order chi connectivity index (χ0) is 16.4. The lowest BCUT2D eigenvalue weighted by atomic mass is 10.0. The van der Waals surface area contributed by atoms with Crippen LogP contribution in [0.2, 0.25) is 0 Å². The summed E-state index contributed by atoms with van der Waals surface area (Å²) in [7, 11) is 0. The number of benzene rings is 2. The number of carbonyl (C=O) groups is 1. The molecule has 0 aliphatic heterocycles. The summed E-state index contributed by atoms with van der Waals surface area (Å²) in [6.45, 7) is 1.84. The SMILES string of the molecule is Cc1cccc(Cc2cn(CC(=O)O)c3ccccc3c2=O)c1. The van der Waals surface area contributed by atoms with Gasteiger partial charge in [0, 0.05) is 23.6 Å². The Morgan fingerprint density at radius 2 is 1.91 bits per heavy atom. The maximum absolute atomic E-state index is 12.7. The monoisotopic (exact) mass is 307 g/mol. The molecule has 3 aromatic rings. The molecule has 0 aliphatic carbocycles. The Morgan fingerprint density at radius 1 is 1.13 bits per heavy atom. The van der Waals surface area contributed by atoms with Crippen molar-refractivity contribution in [2.24, 2.45) is 0 Å². The minimum absolute atomic E-state index is 0.0382. The fraction of sp³-hybridized carbons (Fsp3) is 0.158. The van der Waals surface area contributed by atoms with Crippen LogP contribution < -0.4 is 5.43 Å². The van der Waals surface area contributed by atoms with Gasteiger partial charge in [-0.3, -0.25) is 9.59 Å². The number of aryl methyl sites for hydroxylation is 1. The van der Waals surface area contributed by atoms with Gasteiger partial charge in [0.05, 0.1) is 5.52 Å². The standard InChI is InChI=1S/C19H17NO3/c1-13-5-4-6-14(9-13)10-15-11-20(12-18(21)22)17-8-3-2-7-16(17)19(15)23/h2-9,11H,10,12H2,1H3,(H,21,22). The van der Waals surface area contributed by atoms with Crippen LogP contribution in [0.3, 0.4) is 0 Å². The lowest BCUT2D eigenvalue weighted by molar-refractivity contribution is -0.137. The third kappa shape index (κ3) is 3.16. The van der Waals surface area contributed by atoms with Crippen LogP contribution in [0, 0.1) is 6.92 Å². The maximum Gasteiger partial charge on any atom is 0.323 e. The van der Waals surface area contributed by atoms with Gasteiger partial charge in [0.25, 0.3) is 0 Å². The lowest BCUT2D eigenvalue weighted by Gasteiger charge is -2.12. The number of pyridine rings is 1. The quantitative estimate of drug-likeness (QED) is 0.806. The number of rotatable bonds is 4. The minimum Gasteiger partial charge on any atom is -0.480 e. The summed E-state index contributed by atoms with van der Waals surface area (Å²) in [6.07, 6.45) is 2.16. The topological polar surface area (TPSA) is 59.3 Å². The summed E-state index contributed by atoms with van der Waals surface area (Å²) >= 11 is 0. The van der Waals surface area contributed by atoms with Crippen LogP contribution in [-0.4, -0.2) is 15.6 Å². The Bertz CT molecular complexity index is 941. The number of carboxylic acids is 1. The Balaban J connectivity index is 2.15. The molecule has 2 aromatic carbocycles. The highest BCUT2D eigenvalue weighted by Crippen LogP contribution is 2.15. The van der Waals surface area contributed by atoms with Crippen molar-refractivity contribution in [3.63, 3.8) is 0 Å². The van der Waals surface area contributed by atoms with Gasteiger partial charge < -0.3 is 9.67 Å². The molecule has 0 unspecified atom stereocenters. The van der Waals surface area contributed by atoms with Crippen LogP contribution in [0.4, 0.5) is 0 Å². The summed E-state index contributed by atoms with van der Waals surface area (Å²) in [4.78, 5) is 23.8. The molecule has 3 rings (SSSR count). The summed E-state index contributed by atoms with van der Waals surface area (Å²) < 4.78 is 1.63. The van der Waals surface area contributed by atoms with Gasteiger partial charge in [0.2, 0.25) is 0 Å². The van der Waals surface area contributed by atoms with E-state index in [0.717, 1.165) is 11.1 Å². The zero-order valence-electron chi connectivity index (χ0n) is 12.8. The van der Waals surface area contributed by atoms with Crippen molar-refractivity contribution in [3.05, 3.63) is 81.6 Å². The predicted molar refractivity (Wildman–Crippen MR) is 89.8 cm³/mol. The Labute approximate surface area is 133 Å². The fourth-order valence-electron chi connectivity index (χ4n) is 2.85. The molecule has 0 saturated carbocycles. The van der Waals surface area contributed by atoms with Gasteiger partial charge >= 0.3 is 5.97 Å². The number of nitrogens with zero attached hydrogens (tertiary/aromatic N) is 1. The molecule has 1 heterocycles. The molecule has 0 aliphatic rings. The number of hydrogen-bond acceptors (Lipinski definition) is 2. The smallest absolute Gasteiger partial charge is 0.323 e. The van der Waals surface area contributed by atoms with Crippen molar-refractivity contribution in [2.45, 2.75) is 19.9 Å². The van der Waals surface area contributed by atoms with E-state index in [4.69, 9.17) is 5.11 Å². The van der Waals surface area contributed by atoms with Crippen molar-refractivity contribution in [1.29, 1.82) is 0 Å². The molecule has 0 amide bonds. The number of para-hydroxylation sites is 1. The van der Waals surface area contributed by atoms with Crippen LogP contribution in [0.25, 0.3) is 10.9 Å². The van der Waals surface area contributed by atoms with Crippen LogP contribution in [0.1, 0.15) is 16.7 Å². The van der Waals surface area contributed by atoms with Gasteiger partial charge in [-0.1, -0.05) is 42.0 Å². The number of hydrogen-bond donors (Lipinski definition) is 1. The van der Waals surface area contributed by atoms with Gasteiger partial charge in [-0.05, 0) is 24.6 Å². The molecule has 4 nitrogen and oxygen atoms in total. The molecule has 116 valence electrons. The Morgan fingerprint density at radius 3 is 2.65 bits per heavy atom. The van der Waals surface area contributed by atoms with Gasteiger partial charge in [-0.2, -0.15) is 0 Å². The van der Waals surface area contributed by atoms with E-state index in [1.165, 1.54) is 0 Å². The van der Waals surface area contributed by atoms with Gasteiger partial charge in [-0.15, -0.1) is 0 Å². The van der Waals surface area contributed by atoms with Gasteiger partial charge in [0.15, 0.2) is 5.43 Å². The van der Waals surface area contributed by atoms with Crippen LogP contribution in [0.15, 0.2) is 59.5 Å². The Kier molecular flexibility index (Phi) is 3.98. The van der Waals surface area contributed by atoms with E-state index in [9.17, 15) is 9.59 Å². The summed E-state index contributed by atoms with van der Waals surface area (Å²) in [5.41, 5.74) is 3.39. The molecule has 1 N–H and O–H groups in total. The summed E-state index contributed by atoms with van der Waals surface area (Å²) in [5, 5.41) is 9.67. The molecule has 0 fully saturated rings. The summed E-state index contributed by atoms with van der Waals surface area (Å²) in [6, 6.07) is 15.1. The van der Waals surface area contributed by atoms with E-state index >= 15 is 0 Å². The normalized spacial score (nSPS) is 10.8. The summed E-state index contributed by atoms with van der Waals surface area (Å²) in [5.74, 6) is -0.930. The van der Waals surface area contributed by atoms with Crippen molar-refractivity contribution in [1.82, 2.24) is 4.57 Å². The van der Waals surface area contributed by atoms with E-state index in [0.29, 0.717) is 22.9 Å². The third-order valence-corrected chi connectivity index (χ3v) is 3.84. The molecule has 23 heavy (non-hydrogen) atoms. The first kappa shape index (κ1) is 15.0. The first-order valence-electron chi connectivity index (χ1n) is 7.43. The second-order valence-corrected chi connectivity index (χ2v) is 5.69. The van der Waals surface area contributed by atoms with E-state index in [-0.39, 0.29) is 12.0 Å². The van der Waals surface area contributed by atoms with E-state index < -0.39 is 5.97 Å². The van der Waals surface area contributed by atoms with Crippen molar-refractivity contribution in [2.75, 3.05) is 0 Å². The van der Waals surface area contributed by atoms with E-state index in [1.54, 1.807) is 35.0 Å². The van der Waals surface area contributed by atoms with E-state index in [2.05, 4.69) is 0 Å². The highest BCUT2D eigenvalue weighted by atomic mass is 16.4. The van der Waals surface area contributed by atoms with Crippen LogP contribution in [0.5, 0.6) is 0 Å². The van der Waals surface area contributed by atoms with Gasteiger partial charge in [-0.25, -0.2) is 0 Å². The van der Waals surface area contributed by atoms with Crippen molar-refractivity contribution in [3.8, 4) is 0 Å². The lowest BCUT2D eigenvalue weighted by Crippen LogP contribution is -2.18. The predicted octanol–water partition coefficient (Wildman–Crippen LogP) is 2.99. The van der Waals surface area contributed by atoms with Crippen molar-refractivity contribution >= 4 is 16.9 Å². The molecule has 1 aromatic heterocycles. The second-order valence-electron chi connectivity index (χ2n) is 5.69. The third-order valence-electron chi connectivity index (χ3n) is 3.84. The van der Waals surface area contributed by atoms with E-state index in [1.807, 2.05) is 31.2 Å². The Hall–Kier alpha value is -2.88.